The van der Waals surface area contributed by atoms with Gasteiger partial charge in [0, 0.05) is 6.61 Å². The lowest BCUT2D eigenvalue weighted by Gasteiger charge is -2.24. The summed E-state index contributed by atoms with van der Waals surface area (Å²) in [4.78, 5) is 22.1. The second-order valence-electron chi connectivity index (χ2n) is 5.24. The molecule has 1 saturated heterocycles. The van der Waals surface area contributed by atoms with E-state index in [0.29, 0.717) is 19.8 Å². The van der Waals surface area contributed by atoms with Crippen LogP contribution in [0.2, 0.25) is 0 Å². The summed E-state index contributed by atoms with van der Waals surface area (Å²) in [5, 5.41) is 0. The number of carbonyl (C=O) groups is 2. The van der Waals surface area contributed by atoms with Crippen LogP contribution in [0.15, 0.2) is 30.3 Å². The maximum Gasteiger partial charge on any atom is 0.348 e. The fourth-order valence-electron chi connectivity index (χ4n) is 1.88. The summed E-state index contributed by atoms with van der Waals surface area (Å²) >= 11 is 0. The highest BCUT2D eigenvalue weighted by molar-refractivity contribution is 5.89. The fourth-order valence-corrected chi connectivity index (χ4v) is 1.88. The summed E-state index contributed by atoms with van der Waals surface area (Å²) in [6.45, 7) is 3.52. The Morgan fingerprint density at radius 1 is 1.38 bits per heavy atom. The molecule has 0 amide bonds. The molecule has 0 aliphatic carbocycles. The molecule has 1 aliphatic heterocycles. The lowest BCUT2D eigenvalue weighted by molar-refractivity contribution is -0.186. The number of hydrogen-bond acceptors (Lipinski definition) is 5. The van der Waals surface area contributed by atoms with E-state index in [4.69, 9.17) is 9.47 Å². The molecule has 0 spiro atoms. The Bertz CT molecular complexity index is 463. The smallest absolute Gasteiger partial charge is 0.348 e. The summed E-state index contributed by atoms with van der Waals surface area (Å²) in [5.41, 5.74) is 1.14. The first-order valence-electron chi connectivity index (χ1n) is 7.13. The highest BCUT2D eigenvalue weighted by Crippen LogP contribution is 2.15. The topological polar surface area (TPSA) is 61.8 Å². The van der Waals surface area contributed by atoms with Gasteiger partial charge in [0.15, 0.2) is 0 Å². The summed E-state index contributed by atoms with van der Waals surface area (Å²) in [7, 11) is 0. The van der Waals surface area contributed by atoms with Gasteiger partial charge in [0.1, 0.15) is 0 Å². The Balaban J connectivity index is 1.52. The van der Waals surface area contributed by atoms with Crippen LogP contribution in [-0.4, -0.2) is 31.3 Å². The quantitative estimate of drug-likeness (QED) is 0.542. The summed E-state index contributed by atoms with van der Waals surface area (Å²) in [5.74, 6) is -0.591. The van der Waals surface area contributed by atoms with Crippen molar-refractivity contribution in [2.75, 3.05) is 13.2 Å². The predicted octanol–water partition coefficient (Wildman–Crippen LogP) is 2.09. The Hall–Kier alpha value is -1.88. The average Bonchev–Trinajstić information content (AvgIpc) is 2.47. The van der Waals surface area contributed by atoms with Crippen molar-refractivity contribution in [3.63, 3.8) is 0 Å². The molecule has 1 heterocycles. The van der Waals surface area contributed by atoms with E-state index in [-0.39, 0.29) is 18.3 Å². The van der Waals surface area contributed by atoms with Crippen LogP contribution in [0.5, 0.6) is 0 Å². The molecule has 2 rings (SSSR count). The second kappa shape index (κ2) is 7.78. The molecule has 0 bridgehead atoms. The maximum absolute atomic E-state index is 11.5. The molecule has 114 valence electrons. The van der Waals surface area contributed by atoms with E-state index in [9.17, 15) is 9.59 Å². The summed E-state index contributed by atoms with van der Waals surface area (Å²) in [6.07, 6.45) is 0.247. The van der Waals surface area contributed by atoms with Gasteiger partial charge in [0.2, 0.25) is 6.10 Å². The van der Waals surface area contributed by atoms with Gasteiger partial charge in [-0.15, -0.1) is 0 Å². The molecular weight excluding hydrogens is 272 g/mol. The zero-order chi connectivity index (χ0) is 15.1. The Kier molecular flexibility index (Phi) is 5.75. The number of rotatable bonds is 8. The molecule has 0 aromatic heterocycles. The largest absolute Gasteiger partial charge is 0.463 e. The van der Waals surface area contributed by atoms with Crippen LogP contribution < -0.4 is 0 Å². The minimum Gasteiger partial charge on any atom is -0.463 e. The molecule has 21 heavy (non-hydrogen) atoms. The lowest BCUT2D eigenvalue weighted by Crippen LogP contribution is -2.40. The van der Waals surface area contributed by atoms with Gasteiger partial charge < -0.3 is 14.2 Å². The van der Waals surface area contributed by atoms with Crippen molar-refractivity contribution in [3.8, 4) is 0 Å². The number of carbonyl (C=O) groups excluding carboxylic acids is 2. The molecule has 5 heteroatoms. The maximum atomic E-state index is 11.5. The van der Waals surface area contributed by atoms with Crippen LogP contribution in [0.1, 0.15) is 25.3 Å². The zero-order valence-corrected chi connectivity index (χ0v) is 12.1. The van der Waals surface area contributed by atoms with E-state index in [1.54, 1.807) is 0 Å². The molecular formula is C16H20O5. The van der Waals surface area contributed by atoms with Gasteiger partial charge in [-0.25, -0.2) is 4.79 Å². The minimum absolute atomic E-state index is 0.132. The van der Waals surface area contributed by atoms with Crippen molar-refractivity contribution in [2.45, 2.75) is 32.5 Å². The standard InChI is InChI=1S/C16H20O5/c1-12(10-20-16(18)14-9-15(17)21-14)7-8-19-11-13-5-3-2-4-6-13/h2-6,12,14H,7-11H2,1H3/t12-,14-/m0/s1. The molecule has 0 radical (unpaired) electrons. The van der Waals surface area contributed by atoms with Gasteiger partial charge in [-0.2, -0.15) is 0 Å². The molecule has 0 unspecified atom stereocenters. The summed E-state index contributed by atoms with van der Waals surface area (Å²) < 4.78 is 15.3. The highest BCUT2D eigenvalue weighted by Gasteiger charge is 2.36. The fraction of sp³-hybridized carbons (Fsp3) is 0.500. The van der Waals surface area contributed by atoms with Crippen LogP contribution >= 0.6 is 0 Å². The third kappa shape index (κ3) is 5.19. The van der Waals surface area contributed by atoms with E-state index in [1.165, 1.54) is 0 Å². The van der Waals surface area contributed by atoms with Gasteiger partial charge >= 0.3 is 11.9 Å². The Labute approximate surface area is 124 Å². The van der Waals surface area contributed by atoms with E-state index in [0.717, 1.165) is 12.0 Å². The minimum atomic E-state index is -0.695. The zero-order valence-electron chi connectivity index (χ0n) is 12.1. The van der Waals surface area contributed by atoms with E-state index in [2.05, 4.69) is 4.74 Å². The van der Waals surface area contributed by atoms with E-state index in [1.807, 2.05) is 37.3 Å². The SMILES string of the molecule is C[C@@H](CCOCc1ccccc1)COC(=O)[C@@H]1CC(=O)O1. The van der Waals surface area contributed by atoms with Crippen LogP contribution in [0, 0.1) is 5.92 Å². The molecule has 1 fully saturated rings. The van der Waals surface area contributed by atoms with Crippen molar-refractivity contribution in [1.82, 2.24) is 0 Å². The van der Waals surface area contributed by atoms with Crippen LogP contribution in [0.4, 0.5) is 0 Å². The number of hydrogen-bond donors (Lipinski definition) is 0. The average molecular weight is 292 g/mol. The third-order valence-corrected chi connectivity index (χ3v) is 3.27. The van der Waals surface area contributed by atoms with Gasteiger partial charge in [-0.05, 0) is 17.9 Å². The molecule has 1 aromatic rings. The number of ether oxygens (including phenoxy) is 3. The van der Waals surface area contributed by atoms with Crippen molar-refractivity contribution in [1.29, 1.82) is 0 Å². The van der Waals surface area contributed by atoms with Crippen LogP contribution in [-0.2, 0) is 30.4 Å². The Morgan fingerprint density at radius 2 is 2.10 bits per heavy atom. The van der Waals surface area contributed by atoms with Crippen LogP contribution in [0.25, 0.3) is 0 Å². The predicted molar refractivity (Wildman–Crippen MR) is 75.3 cm³/mol. The number of benzene rings is 1. The summed E-state index contributed by atoms with van der Waals surface area (Å²) in [6, 6.07) is 9.97. The third-order valence-electron chi connectivity index (χ3n) is 3.27. The monoisotopic (exact) mass is 292 g/mol. The van der Waals surface area contributed by atoms with Crippen molar-refractivity contribution >= 4 is 11.9 Å². The lowest BCUT2D eigenvalue weighted by atomic mass is 10.1. The van der Waals surface area contributed by atoms with E-state index < -0.39 is 12.1 Å². The van der Waals surface area contributed by atoms with Crippen molar-refractivity contribution < 1.29 is 23.8 Å². The normalized spacial score (nSPS) is 18.5. The molecule has 5 nitrogen and oxygen atoms in total. The van der Waals surface area contributed by atoms with Crippen LogP contribution in [0.3, 0.4) is 0 Å². The van der Waals surface area contributed by atoms with Gasteiger partial charge in [0.05, 0.1) is 19.6 Å². The number of esters is 2. The molecule has 0 saturated carbocycles. The van der Waals surface area contributed by atoms with Gasteiger partial charge in [-0.3, -0.25) is 4.79 Å². The number of cyclic esters (lactones) is 1. The molecule has 1 aliphatic rings. The van der Waals surface area contributed by atoms with Crippen molar-refractivity contribution in [3.05, 3.63) is 35.9 Å². The molecule has 0 N–H and O–H groups in total. The van der Waals surface area contributed by atoms with E-state index >= 15 is 0 Å². The van der Waals surface area contributed by atoms with Crippen molar-refractivity contribution in [2.24, 2.45) is 5.92 Å². The highest BCUT2D eigenvalue weighted by atomic mass is 16.6. The first-order chi connectivity index (χ1) is 10.1. The molecule has 1 aromatic carbocycles. The molecule has 2 atom stereocenters. The first kappa shape index (κ1) is 15.5. The van der Waals surface area contributed by atoms with Gasteiger partial charge in [-0.1, -0.05) is 37.3 Å². The Morgan fingerprint density at radius 3 is 2.76 bits per heavy atom. The van der Waals surface area contributed by atoms with Gasteiger partial charge in [0.25, 0.3) is 0 Å². The second-order valence-corrected chi connectivity index (χ2v) is 5.24. The first-order valence-corrected chi connectivity index (χ1v) is 7.13.